The van der Waals surface area contributed by atoms with Crippen LogP contribution in [-0.4, -0.2) is 41.5 Å². The molecule has 0 heterocycles. The Labute approximate surface area is 167 Å². The van der Waals surface area contributed by atoms with E-state index in [-0.39, 0.29) is 23.8 Å². The van der Waals surface area contributed by atoms with Gasteiger partial charge in [0.1, 0.15) is 0 Å². The summed E-state index contributed by atoms with van der Waals surface area (Å²) in [5, 5.41) is 12.3. The molecule has 152 valence electrons. The van der Waals surface area contributed by atoms with Gasteiger partial charge in [0.25, 0.3) is 5.91 Å². The Kier molecular flexibility index (Phi) is 5.46. The molecule has 0 radical (unpaired) electrons. The molecule has 1 aromatic carbocycles. The van der Waals surface area contributed by atoms with Crippen LogP contribution in [0.2, 0.25) is 0 Å². The highest BCUT2D eigenvalue weighted by molar-refractivity contribution is 5.94. The average molecular weight is 385 g/mol. The molecule has 1 aromatic rings. The SMILES string of the molecule is CCN(CCO)C(=O)c1ccc(CNC(=O)C23CC4CC(CC(C4)C2)C3)cc1. The maximum absolute atomic E-state index is 13.0. The van der Waals surface area contributed by atoms with Gasteiger partial charge in [-0.15, -0.1) is 0 Å². The molecule has 4 aliphatic rings. The molecule has 0 spiro atoms. The average Bonchev–Trinajstić information content (AvgIpc) is 2.69. The lowest BCUT2D eigenvalue weighted by molar-refractivity contribution is -0.146. The van der Waals surface area contributed by atoms with Crippen molar-refractivity contribution >= 4 is 11.8 Å². The second kappa shape index (κ2) is 7.86. The first-order valence-electron chi connectivity index (χ1n) is 10.8. The van der Waals surface area contributed by atoms with Crippen molar-refractivity contribution in [3.63, 3.8) is 0 Å². The van der Waals surface area contributed by atoms with Crippen LogP contribution in [0, 0.1) is 23.2 Å². The molecule has 2 amide bonds. The number of nitrogens with one attached hydrogen (secondary N) is 1. The number of carbonyl (C=O) groups excluding carboxylic acids is 2. The zero-order chi connectivity index (χ0) is 19.7. The maximum Gasteiger partial charge on any atom is 0.253 e. The van der Waals surface area contributed by atoms with Crippen molar-refractivity contribution in [1.82, 2.24) is 10.2 Å². The maximum atomic E-state index is 13.0. The van der Waals surface area contributed by atoms with E-state index in [1.807, 2.05) is 31.2 Å². The van der Waals surface area contributed by atoms with Gasteiger partial charge in [0.15, 0.2) is 0 Å². The van der Waals surface area contributed by atoms with Gasteiger partial charge in [0, 0.05) is 30.6 Å². The van der Waals surface area contributed by atoms with E-state index in [0.717, 1.165) is 42.6 Å². The Morgan fingerprint density at radius 1 is 1.07 bits per heavy atom. The quantitative estimate of drug-likeness (QED) is 0.759. The largest absolute Gasteiger partial charge is 0.395 e. The summed E-state index contributed by atoms with van der Waals surface area (Å²) in [7, 11) is 0. The van der Waals surface area contributed by atoms with Gasteiger partial charge in [-0.05, 0) is 80.9 Å². The Balaban J connectivity index is 1.35. The summed E-state index contributed by atoms with van der Waals surface area (Å²) >= 11 is 0. The molecule has 5 nitrogen and oxygen atoms in total. The van der Waals surface area contributed by atoms with E-state index < -0.39 is 0 Å². The predicted molar refractivity (Wildman–Crippen MR) is 108 cm³/mol. The molecule has 5 heteroatoms. The molecule has 0 unspecified atom stereocenters. The first-order valence-corrected chi connectivity index (χ1v) is 10.8. The molecule has 0 aromatic heterocycles. The molecule has 4 saturated carbocycles. The number of hydrogen-bond acceptors (Lipinski definition) is 3. The monoisotopic (exact) mass is 384 g/mol. The van der Waals surface area contributed by atoms with E-state index >= 15 is 0 Å². The third kappa shape index (κ3) is 3.69. The van der Waals surface area contributed by atoms with Crippen molar-refractivity contribution in [2.75, 3.05) is 19.7 Å². The van der Waals surface area contributed by atoms with Crippen molar-refractivity contribution in [3.8, 4) is 0 Å². The third-order valence-corrected chi connectivity index (χ3v) is 7.21. The predicted octanol–water partition coefficient (Wildman–Crippen LogP) is 2.97. The number of likely N-dealkylation sites (N-methyl/N-ethyl adjacent to an activating group) is 1. The molecule has 0 saturated heterocycles. The van der Waals surface area contributed by atoms with E-state index in [1.165, 1.54) is 19.3 Å². The van der Waals surface area contributed by atoms with E-state index in [0.29, 0.717) is 25.2 Å². The lowest BCUT2D eigenvalue weighted by atomic mass is 9.49. The highest BCUT2D eigenvalue weighted by Gasteiger charge is 2.54. The minimum absolute atomic E-state index is 0.0337. The number of benzene rings is 1. The molecule has 2 N–H and O–H groups in total. The Bertz CT molecular complexity index is 693. The summed E-state index contributed by atoms with van der Waals surface area (Å²) in [6.07, 6.45) is 7.26. The Hall–Kier alpha value is -1.88. The lowest BCUT2D eigenvalue weighted by Gasteiger charge is -2.55. The summed E-state index contributed by atoms with van der Waals surface area (Å²) in [5.74, 6) is 2.47. The molecule has 4 aliphatic carbocycles. The molecule has 28 heavy (non-hydrogen) atoms. The Morgan fingerprint density at radius 2 is 1.64 bits per heavy atom. The summed E-state index contributed by atoms with van der Waals surface area (Å²) in [6.45, 7) is 3.31. The van der Waals surface area contributed by atoms with Crippen LogP contribution in [0.3, 0.4) is 0 Å². The molecule has 4 bridgehead atoms. The molecular weight excluding hydrogens is 352 g/mol. The normalized spacial score (nSPS) is 30.3. The molecular formula is C23H32N2O3. The second-order valence-corrected chi connectivity index (χ2v) is 9.19. The summed E-state index contributed by atoms with van der Waals surface area (Å²) in [4.78, 5) is 27.1. The van der Waals surface area contributed by atoms with Gasteiger partial charge >= 0.3 is 0 Å². The van der Waals surface area contributed by atoms with Crippen LogP contribution in [0.5, 0.6) is 0 Å². The van der Waals surface area contributed by atoms with Crippen LogP contribution in [0.15, 0.2) is 24.3 Å². The number of carbonyl (C=O) groups is 2. The van der Waals surface area contributed by atoms with Gasteiger partial charge in [-0.1, -0.05) is 12.1 Å². The smallest absolute Gasteiger partial charge is 0.253 e. The standard InChI is InChI=1S/C23H32N2O3/c1-2-25(7-8-26)21(27)20-5-3-16(4-6-20)15-24-22(28)23-12-17-9-18(13-23)11-19(10-17)14-23/h3-6,17-19,26H,2,7-15H2,1H3,(H,24,28). The van der Waals surface area contributed by atoms with Gasteiger partial charge in [-0.25, -0.2) is 0 Å². The minimum atomic E-state index is -0.115. The summed E-state index contributed by atoms with van der Waals surface area (Å²) < 4.78 is 0. The highest BCUT2D eigenvalue weighted by atomic mass is 16.3. The summed E-state index contributed by atoms with van der Waals surface area (Å²) in [6, 6.07) is 7.46. The number of hydrogen-bond donors (Lipinski definition) is 2. The van der Waals surface area contributed by atoms with Gasteiger partial charge < -0.3 is 15.3 Å². The fraction of sp³-hybridized carbons (Fsp3) is 0.652. The number of aliphatic hydroxyl groups excluding tert-OH is 1. The van der Waals surface area contributed by atoms with E-state index in [1.54, 1.807) is 4.90 Å². The van der Waals surface area contributed by atoms with Crippen LogP contribution in [0.1, 0.15) is 61.4 Å². The second-order valence-electron chi connectivity index (χ2n) is 9.19. The van der Waals surface area contributed by atoms with Crippen LogP contribution in [-0.2, 0) is 11.3 Å². The van der Waals surface area contributed by atoms with Crippen molar-refractivity contribution in [3.05, 3.63) is 35.4 Å². The number of rotatable bonds is 7. The zero-order valence-corrected chi connectivity index (χ0v) is 16.8. The fourth-order valence-electron chi connectivity index (χ4n) is 6.23. The number of nitrogens with zero attached hydrogens (tertiary/aromatic N) is 1. The topological polar surface area (TPSA) is 69.6 Å². The van der Waals surface area contributed by atoms with Crippen LogP contribution >= 0.6 is 0 Å². The number of amides is 2. The molecule has 0 atom stereocenters. The Morgan fingerprint density at radius 3 is 2.14 bits per heavy atom. The van der Waals surface area contributed by atoms with E-state index in [4.69, 9.17) is 5.11 Å². The van der Waals surface area contributed by atoms with Crippen molar-refractivity contribution < 1.29 is 14.7 Å². The first-order chi connectivity index (χ1) is 13.5. The van der Waals surface area contributed by atoms with Crippen molar-refractivity contribution in [1.29, 1.82) is 0 Å². The molecule has 0 aliphatic heterocycles. The van der Waals surface area contributed by atoms with Crippen LogP contribution < -0.4 is 5.32 Å². The molecule has 5 rings (SSSR count). The minimum Gasteiger partial charge on any atom is -0.395 e. The summed E-state index contributed by atoms with van der Waals surface area (Å²) in [5.41, 5.74) is 1.52. The van der Waals surface area contributed by atoms with Gasteiger partial charge in [-0.3, -0.25) is 9.59 Å². The van der Waals surface area contributed by atoms with Crippen LogP contribution in [0.25, 0.3) is 0 Å². The van der Waals surface area contributed by atoms with Gasteiger partial charge in [0.05, 0.1) is 6.61 Å². The van der Waals surface area contributed by atoms with E-state index in [2.05, 4.69) is 5.32 Å². The van der Waals surface area contributed by atoms with Crippen molar-refractivity contribution in [2.24, 2.45) is 23.2 Å². The lowest BCUT2D eigenvalue weighted by Crippen LogP contribution is -2.53. The van der Waals surface area contributed by atoms with Gasteiger partial charge in [-0.2, -0.15) is 0 Å². The fourth-order valence-corrected chi connectivity index (χ4v) is 6.23. The number of aliphatic hydroxyl groups is 1. The van der Waals surface area contributed by atoms with Gasteiger partial charge in [0.2, 0.25) is 5.91 Å². The zero-order valence-electron chi connectivity index (χ0n) is 16.8. The van der Waals surface area contributed by atoms with Crippen molar-refractivity contribution in [2.45, 2.75) is 52.0 Å². The first kappa shape index (κ1) is 19.4. The highest BCUT2D eigenvalue weighted by Crippen LogP contribution is 2.60. The third-order valence-electron chi connectivity index (χ3n) is 7.21. The van der Waals surface area contributed by atoms with Crippen LogP contribution in [0.4, 0.5) is 0 Å². The molecule has 4 fully saturated rings. The van der Waals surface area contributed by atoms with E-state index in [9.17, 15) is 9.59 Å².